The first-order valence-electron chi connectivity index (χ1n) is 5.89. The summed E-state index contributed by atoms with van der Waals surface area (Å²) in [7, 11) is 0. The molecule has 0 N–H and O–H groups in total. The number of rotatable bonds is 3. The molecule has 2 unspecified atom stereocenters. The summed E-state index contributed by atoms with van der Waals surface area (Å²) < 4.78 is 0. The Morgan fingerprint density at radius 1 is 1.00 bits per heavy atom. The normalized spacial score (nSPS) is 40.6. The zero-order chi connectivity index (χ0) is 9.26. The second-order valence-corrected chi connectivity index (χ2v) is 6.42. The van der Waals surface area contributed by atoms with E-state index in [4.69, 9.17) is 0 Å². The molecule has 1 heteroatoms. The van der Waals surface area contributed by atoms with Gasteiger partial charge >= 0.3 is 0 Å². The molecule has 0 aromatic rings. The summed E-state index contributed by atoms with van der Waals surface area (Å²) in [4.78, 5) is 0. The quantitative estimate of drug-likeness (QED) is 0.661. The number of hydrogen-bond acceptors (Lipinski definition) is 1. The monoisotopic (exact) mass is 198 g/mol. The van der Waals surface area contributed by atoms with Gasteiger partial charge in [-0.1, -0.05) is 33.1 Å². The van der Waals surface area contributed by atoms with E-state index in [2.05, 4.69) is 25.6 Å². The van der Waals surface area contributed by atoms with Gasteiger partial charge in [-0.05, 0) is 36.3 Å². The molecule has 2 fully saturated rings. The van der Waals surface area contributed by atoms with Crippen molar-refractivity contribution in [2.45, 2.75) is 51.2 Å². The van der Waals surface area contributed by atoms with Crippen molar-refractivity contribution in [3.05, 3.63) is 0 Å². The van der Waals surface area contributed by atoms with Crippen LogP contribution in [0.1, 0.15) is 46.0 Å². The van der Waals surface area contributed by atoms with Gasteiger partial charge in [-0.2, -0.15) is 11.8 Å². The van der Waals surface area contributed by atoms with Gasteiger partial charge < -0.3 is 0 Å². The Labute approximate surface area is 86.9 Å². The van der Waals surface area contributed by atoms with Crippen LogP contribution in [-0.2, 0) is 0 Å². The van der Waals surface area contributed by atoms with E-state index in [-0.39, 0.29) is 0 Å². The average molecular weight is 198 g/mol. The maximum atomic E-state index is 2.47. The van der Waals surface area contributed by atoms with Crippen LogP contribution in [0.25, 0.3) is 0 Å². The summed E-state index contributed by atoms with van der Waals surface area (Å²) >= 11 is 2.26. The number of hydrogen-bond donors (Lipinski definition) is 0. The van der Waals surface area contributed by atoms with Gasteiger partial charge in [0.15, 0.2) is 0 Å². The first-order chi connectivity index (χ1) is 6.27. The molecular weight excluding hydrogens is 176 g/mol. The van der Waals surface area contributed by atoms with Crippen LogP contribution >= 0.6 is 11.8 Å². The summed E-state index contributed by atoms with van der Waals surface area (Å²) in [5, 5.41) is 1.06. The van der Waals surface area contributed by atoms with Crippen LogP contribution in [0.2, 0.25) is 0 Å². The highest BCUT2D eigenvalue weighted by Gasteiger charge is 2.30. The summed E-state index contributed by atoms with van der Waals surface area (Å²) in [6, 6.07) is 0. The lowest BCUT2D eigenvalue weighted by atomic mass is 9.75. The molecule has 0 aromatic carbocycles. The molecule has 13 heavy (non-hydrogen) atoms. The van der Waals surface area contributed by atoms with Gasteiger partial charge in [-0.15, -0.1) is 0 Å². The molecule has 0 saturated heterocycles. The molecule has 0 bridgehead atoms. The second-order valence-electron chi connectivity index (χ2n) is 5.08. The fourth-order valence-corrected chi connectivity index (χ4v) is 4.18. The van der Waals surface area contributed by atoms with Crippen LogP contribution in [0.15, 0.2) is 0 Å². The van der Waals surface area contributed by atoms with Gasteiger partial charge in [0.1, 0.15) is 0 Å². The first kappa shape index (κ1) is 9.89. The van der Waals surface area contributed by atoms with E-state index in [1.54, 1.807) is 0 Å². The van der Waals surface area contributed by atoms with Gasteiger partial charge in [0, 0.05) is 5.25 Å². The van der Waals surface area contributed by atoms with E-state index in [9.17, 15) is 0 Å². The Bertz CT molecular complexity index is 153. The maximum Gasteiger partial charge on any atom is 0.00479 e. The molecule has 0 aromatic heterocycles. The Morgan fingerprint density at radius 2 is 1.62 bits per heavy atom. The van der Waals surface area contributed by atoms with E-state index >= 15 is 0 Å². The summed E-state index contributed by atoms with van der Waals surface area (Å²) in [5.74, 6) is 4.47. The summed E-state index contributed by atoms with van der Waals surface area (Å²) in [6.45, 7) is 4.93. The largest absolute Gasteiger partial charge is 0.158 e. The van der Waals surface area contributed by atoms with Crippen molar-refractivity contribution in [2.24, 2.45) is 17.8 Å². The minimum atomic E-state index is 0.995. The lowest BCUT2D eigenvalue weighted by Crippen LogP contribution is -2.26. The molecule has 76 valence electrons. The molecule has 2 saturated carbocycles. The van der Waals surface area contributed by atoms with Crippen molar-refractivity contribution in [1.29, 1.82) is 0 Å². The second kappa shape index (κ2) is 4.25. The zero-order valence-corrected chi connectivity index (χ0v) is 9.78. The molecule has 0 aliphatic heterocycles. The van der Waals surface area contributed by atoms with E-state index in [0.717, 1.165) is 23.0 Å². The zero-order valence-electron chi connectivity index (χ0n) is 8.96. The average Bonchev–Trinajstić information content (AvgIpc) is 2.87. The third-order valence-corrected chi connectivity index (χ3v) is 5.35. The third kappa shape index (κ3) is 2.65. The molecule has 2 atom stereocenters. The minimum absolute atomic E-state index is 0.995. The smallest absolute Gasteiger partial charge is 0.00479 e. The highest BCUT2D eigenvalue weighted by Crippen LogP contribution is 2.41. The molecule has 0 nitrogen and oxygen atoms in total. The Kier molecular flexibility index (Phi) is 3.23. The number of thioether (sulfide) groups is 1. The van der Waals surface area contributed by atoms with Gasteiger partial charge in [-0.3, -0.25) is 0 Å². The highest BCUT2D eigenvalue weighted by molar-refractivity contribution is 8.00. The summed E-state index contributed by atoms with van der Waals surface area (Å²) in [5.41, 5.74) is 0. The van der Waals surface area contributed by atoms with Gasteiger partial charge in [0.25, 0.3) is 0 Å². The topological polar surface area (TPSA) is 0 Å². The van der Waals surface area contributed by atoms with Crippen molar-refractivity contribution in [3.63, 3.8) is 0 Å². The molecule has 2 aliphatic rings. The SMILES string of the molecule is CC1CCCC(C)C1CSC1CC1. The predicted octanol–water partition coefficient (Wildman–Crippen LogP) is 3.95. The van der Waals surface area contributed by atoms with E-state index in [0.29, 0.717) is 0 Å². The molecule has 0 heterocycles. The standard InChI is InChI=1S/C12H22S/c1-9-4-3-5-10(2)12(9)8-13-11-6-7-11/h9-12H,3-8H2,1-2H3. The molecule has 0 spiro atoms. The van der Waals surface area contributed by atoms with Crippen molar-refractivity contribution in [1.82, 2.24) is 0 Å². The van der Waals surface area contributed by atoms with Gasteiger partial charge in [0.2, 0.25) is 0 Å². The van der Waals surface area contributed by atoms with E-state index in [1.807, 2.05) is 0 Å². The van der Waals surface area contributed by atoms with Crippen molar-refractivity contribution in [3.8, 4) is 0 Å². The molecule has 2 aliphatic carbocycles. The van der Waals surface area contributed by atoms with Crippen LogP contribution in [-0.4, -0.2) is 11.0 Å². The van der Waals surface area contributed by atoms with Crippen LogP contribution in [0.5, 0.6) is 0 Å². The van der Waals surface area contributed by atoms with E-state index < -0.39 is 0 Å². The Balaban J connectivity index is 1.78. The minimum Gasteiger partial charge on any atom is -0.158 e. The molecular formula is C12H22S. The molecule has 0 amide bonds. The highest BCUT2D eigenvalue weighted by atomic mass is 32.2. The van der Waals surface area contributed by atoms with Crippen LogP contribution in [0.4, 0.5) is 0 Å². The first-order valence-corrected chi connectivity index (χ1v) is 6.94. The van der Waals surface area contributed by atoms with Crippen molar-refractivity contribution in [2.75, 3.05) is 5.75 Å². The Hall–Kier alpha value is 0.350. The fraction of sp³-hybridized carbons (Fsp3) is 1.00. The van der Waals surface area contributed by atoms with E-state index in [1.165, 1.54) is 37.9 Å². The third-order valence-electron chi connectivity index (χ3n) is 3.83. The fourth-order valence-electron chi connectivity index (χ4n) is 2.56. The lowest BCUT2D eigenvalue weighted by Gasteiger charge is -2.34. The maximum absolute atomic E-state index is 2.47. The predicted molar refractivity (Wildman–Crippen MR) is 61.1 cm³/mol. The Morgan fingerprint density at radius 3 is 2.15 bits per heavy atom. The molecule has 2 rings (SSSR count). The summed E-state index contributed by atoms with van der Waals surface area (Å²) in [6.07, 6.45) is 7.45. The van der Waals surface area contributed by atoms with Crippen molar-refractivity contribution < 1.29 is 0 Å². The van der Waals surface area contributed by atoms with Crippen LogP contribution in [0, 0.1) is 17.8 Å². The molecule has 0 radical (unpaired) electrons. The van der Waals surface area contributed by atoms with Crippen molar-refractivity contribution >= 4 is 11.8 Å². The lowest BCUT2D eigenvalue weighted by molar-refractivity contribution is 0.202. The van der Waals surface area contributed by atoms with Gasteiger partial charge in [0.05, 0.1) is 0 Å². The van der Waals surface area contributed by atoms with Crippen LogP contribution in [0.3, 0.4) is 0 Å². The van der Waals surface area contributed by atoms with Gasteiger partial charge in [-0.25, -0.2) is 0 Å². The van der Waals surface area contributed by atoms with Crippen LogP contribution < -0.4 is 0 Å².